The van der Waals surface area contributed by atoms with Gasteiger partial charge in [0, 0.05) is 86.2 Å². The van der Waals surface area contributed by atoms with Crippen molar-refractivity contribution in [3.8, 4) is 28.7 Å². The van der Waals surface area contributed by atoms with Crippen molar-refractivity contribution in [2.45, 2.75) is 101 Å². The molecule has 0 saturated heterocycles. The van der Waals surface area contributed by atoms with Crippen molar-refractivity contribution in [1.82, 2.24) is 26.6 Å². The summed E-state index contributed by atoms with van der Waals surface area (Å²) in [5.74, 6) is -8.64. The summed E-state index contributed by atoms with van der Waals surface area (Å²) in [6.07, 6.45) is -1.58. The Hall–Kier alpha value is -10.2. The van der Waals surface area contributed by atoms with E-state index >= 15 is 0 Å². The number of anilines is 1. The zero-order valence-electron chi connectivity index (χ0n) is 48.9. The third-order valence-corrected chi connectivity index (χ3v) is 15.4. The Kier molecular flexibility index (Phi) is 23.7. The van der Waals surface area contributed by atoms with Crippen molar-refractivity contribution >= 4 is 82.0 Å². The fourth-order valence-electron chi connectivity index (χ4n) is 10.6. The van der Waals surface area contributed by atoms with Crippen LogP contribution in [0, 0.1) is 11.8 Å². The summed E-state index contributed by atoms with van der Waals surface area (Å²) < 4.78 is 12.2. The van der Waals surface area contributed by atoms with Gasteiger partial charge in [-0.15, -0.1) is 0 Å². The number of guanidine groups is 1. The highest BCUT2D eigenvalue weighted by molar-refractivity contribution is 7.80. The number of nitrogens with one attached hydrogen (secondary N) is 6. The lowest BCUT2D eigenvalue weighted by Gasteiger charge is -2.36. The first-order valence-electron chi connectivity index (χ1n) is 29.0. The molecule has 2 heterocycles. The molecule has 0 saturated carbocycles. The maximum atomic E-state index is 14.0. The maximum Gasteiger partial charge on any atom is 0.340 e. The van der Waals surface area contributed by atoms with Gasteiger partial charge >= 0.3 is 18.0 Å². The number of ether oxygens (including phenoxy) is 2. The molecule has 27 heteroatoms. The van der Waals surface area contributed by atoms with Crippen molar-refractivity contribution in [2.24, 2.45) is 34.0 Å². The van der Waals surface area contributed by atoms with E-state index in [0.29, 0.717) is 34.4 Å². The molecule has 0 fully saturated rings. The van der Waals surface area contributed by atoms with E-state index in [1.807, 2.05) is 18.2 Å². The number of thiocarbonyl (C=S) groups is 1. The number of hydrogen-bond donors (Lipinski definition) is 14. The van der Waals surface area contributed by atoms with Gasteiger partial charge in [0.15, 0.2) is 34.0 Å². The molecule has 0 radical (unpaired) electrons. The molecule has 1 spiro atoms. The van der Waals surface area contributed by atoms with Gasteiger partial charge in [-0.3, -0.25) is 38.6 Å². The number of aliphatic imine (C=N–C) groups is 1. The summed E-state index contributed by atoms with van der Waals surface area (Å²) >= 11 is 5.52. The van der Waals surface area contributed by atoms with Gasteiger partial charge in [0.25, 0.3) is 0 Å². The average Bonchev–Trinajstić information content (AvgIpc) is 1.79. The Morgan fingerprint density at radius 1 is 0.611 bits per heavy atom. The zero-order chi connectivity index (χ0) is 65.1. The monoisotopic (exact) mass is 1260 g/mol. The molecule has 0 aromatic heterocycles. The Balaban J connectivity index is 0.952. The van der Waals surface area contributed by atoms with Crippen LogP contribution in [0.25, 0.3) is 0 Å². The van der Waals surface area contributed by atoms with E-state index in [-0.39, 0.29) is 110 Å². The lowest BCUT2D eigenvalue weighted by atomic mass is 9.77. The van der Waals surface area contributed by atoms with Gasteiger partial charge in [0.1, 0.15) is 28.7 Å². The summed E-state index contributed by atoms with van der Waals surface area (Å²) in [6, 6.07) is 24.1. The summed E-state index contributed by atoms with van der Waals surface area (Å²) in [6.45, 7) is -0.857. The second-order valence-corrected chi connectivity index (χ2v) is 22.1. The quantitative estimate of drug-likeness (QED) is 0.00940. The number of urea groups is 1. The van der Waals surface area contributed by atoms with Crippen LogP contribution < -0.4 is 53.8 Å². The highest BCUT2D eigenvalue weighted by atomic mass is 32.1. The lowest BCUT2D eigenvalue weighted by molar-refractivity contribution is -0.144. The van der Waals surface area contributed by atoms with Crippen LogP contribution in [0.5, 0.6) is 28.7 Å². The Morgan fingerprint density at radius 3 is 1.82 bits per heavy atom. The second-order valence-electron chi connectivity index (χ2n) is 21.7. The minimum atomic E-state index is -1.49. The topological polar surface area (TPSA) is 436 Å². The number of esters is 1. The highest BCUT2D eigenvalue weighted by Crippen LogP contribution is 2.57. The average molecular weight is 1260 g/mol. The molecule has 5 aromatic rings. The fourth-order valence-corrected chi connectivity index (χ4v) is 10.8. The van der Waals surface area contributed by atoms with Crippen molar-refractivity contribution < 1.29 is 78.2 Å². The molecule has 0 unspecified atom stereocenters. The Bertz CT molecular complexity index is 3460. The molecule has 476 valence electrons. The summed E-state index contributed by atoms with van der Waals surface area (Å²) in [5.41, 5.74) is 18.1. The Labute approximate surface area is 522 Å². The first kappa shape index (κ1) is 67.4. The Morgan fingerprint density at radius 2 is 1.20 bits per heavy atom. The van der Waals surface area contributed by atoms with Gasteiger partial charge in [0.2, 0.25) is 17.7 Å². The number of carbonyl (C=O) groups excluding carboxylic acids is 8. The number of carboxylic acids is 1. The number of hydrogen-bond acceptors (Lipinski definition) is 17. The number of amides is 5. The smallest absolute Gasteiger partial charge is 0.340 e. The molecule has 5 amide bonds. The van der Waals surface area contributed by atoms with E-state index in [4.69, 9.17) is 38.9 Å². The summed E-state index contributed by atoms with van der Waals surface area (Å²) in [7, 11) is 0. The number of rotatable bonds is 33. The number of carboxylic acid groups (broad SMARTS) is 1. The number of phenols is 3. The number of aromatic hydroxyl groups is 3. The molecule has 2 aliphatic rings. The zero-order valence-corrected chi connectivity index (χ0v) is 49.7. The molecule has 7 rings (SSSR count). The van der Waals surface area contributed by atoms with E-state index in [1.165, 1.54) is 42.5 Å². The van der Waals surface area contributed by atoms with Gasteiger partial charge in [-0.1, -0.05) is 48.5 Å². The summed E-state index contributed by atoms with van der Waals surface area (Å²) in [5, 5.41) is 67.1. The molecule has 5 atom stereocenters. The third-order valence-electron chi connectivity index (χ3n) is 15.2. The van der Waals surface area contributed by atoms with Gasteiger partial charge in [-0.2, -0.15) is 0 Å². The first-order valence-corrected chi connectivity index (χ1v) is 29.4. The van der Waals surface area contributed by atoms with E-state index < -0.39 is 121 Å². The predicted molar refractivity (Wildman–Crippen MR) is 331 cm³/mol. The lowest BCUT2D eigenvalue weighted by Crippen LogP contribution is -2.47. The molecule has 0 bridgehead atoms. The van der Waals surface area contributed by atoms with Crippen molar-refractivity contribution in [1.29, 1.82) is 0 Å². The minimum absolute atomic E-state index is 0.000396. The van der Waals surface area contributed by atoms with Crippen LogP contribution in [0.15, 0.2) is 114 Å². The van der Waals surface area contributed by atoms with Crippen LogP contribution in [-0.4, -0.2) is 134 Å². The van der Waals surface area contributed by atoms with Gasteiger partial charge < -0.3 is 84.1 Å². The van der Waals surface area contributed by atoms with Gasteiger partial charge in [0.05, 0.1) is 42.1 Å². The predicted octanol–water partition coefficient (Wildman–Crippen LogP) is 3.46. The van der Waals surface area contributed by atoms with Crippen molar-refractivity contribution in [2.75, 3.05) is 31.6 Å². The van der Waals surface area contributed by atoms with Gasteiger partial charge in [-0.05, 0) is 117 Å². The number of benzene rings is 5. The van der Waals surface area contributed by atoms with Crippen LogP contribution in [0.1, 0.15) is 102 Å². The normalized spacial score (nSPS) is 14.0. The van der Waals surface area contributed by atoms with Crippen LogP contribution in [0.2, 0.25) is 0 Å². The number of ketones is 3. The largest absolute Gasteiger partial charge is 0.508 e. The minimum Gasteiger partial charge on any atom is -0.508 e. The summed E-state index contributed by atoms with van der Waals surface area (Å²) in [4.78, 5) is 124. The molecule has 90 heavy (non-hydrogen) atoms. The second kappa shape index (κ2) is 31.7. The molecule has 17 N–H and O–H groups in total. The number of phenolic OH excluding ortho intramolecular Hbond substituents is 3. The number of aliphatic hydroxyl groups excluding tert-OH is 1. The molecule has 0 aliphatic carbocycles. The number of nitrogens with two attached hydrogens (primary N) is 3. The number of fused-ring (bicyclic) bond motifs is 6. The fraction of sp³-hybridized carbons (Fsp3) is 0.349. The van der Waals surface area contributed by atoms with E-state index in [0.717, 1.165) is 5.56 Å². The number of primary amides is 1. The van der Waals surface area contributed by atoms with E-state index in [9.17, 15) is 68.7 Å². The molecule has 26 nitrogen and oxygen atoms in total. The van der Waals surface area contributed by atoms with E-state index in [2.05, 4.69) is 36.9 Å². The SMILES string of the molecule is NC(=O)NCCC[C@H](NC(=O)[C@H](CO)CC(=O)[C@H](CCCN=C(N)N)NC(=O)CCNC(=S)Nc1ccc2c(c1)C(=O)OC21c2ccc(O)cc2Oc2cc(O)ccc21)C(=O)CCC(=O)N[C@@H](CCc1ccccc1)C(=O)C[C@@H](Cc1ccc(O)cc1)C(=O)O. The van der Waals surface area contributed by atoms with Crippen LogP contribution in [-0.2, 0) is 56.7 Å². The van der Waals surface area contributed by atoms with Crippen LogP contribution in [0.3, 0.4) is 0 Å². The van der Waals surface area contributed by atoms with Gasteiger partial charge in [-0.25, -0.2) is 9.59 Å². The van der Waals surface area contributed by atoms with Crippen LogP contribution >= 0.6 is 12.2 Å². The van der Waals surface area contributed by atoms with E-state index in [1.54, 1.807) is 48.5 Å². The number of carbonyl (C=O) groups is 9. The number of aliphatic hydroxyl groups is 1. The molecular formula is C63H72N10O16S. The highest BCUT2D eigenvalue weighted by Gasteiger charge is 2.54. The third kappa shape index (κ3) is 18.5. The number of Topliss-reactive ketones (excluding diaryl/α,β-unsaturated/α-hetero) is 3. The maximum absolute atomic E-state index is 14.0. The molecule has 2 aliphatic heterocycles. The molecular weight excluding hydrogens is 1180 g/mol. The van der Waals surface area contributed by atoms with Crippen molar-refractivity contribution in [3.05, 3.63) is 143 Å². The number of aryl methyl sites for hydroxylation is 1. The standard InChI is InChI=1S/C63H72N10O16S/c64-60(65)67-25-4-9-48(71-56(82)24-27-69-62(90)70-39-13-18-44-43(31-39)59(86)89-63(44)45-19-16-41(76)32-53(45)88-54-33-42(77)17-20-46(54)63)52(80)30-38(34-74)57(83)73-47(8-5-26-68-61(66)87)50(78)22-23-55(81)72-49(21-12-35-6-2-1-3-7-35)51(79)29-37(58(84)85)28-36-10-14-40(75)15-11-36/h1-3,6-7,10-11,13-20,31-33,37-38,47-49,74-77H,4-5,8-9,12,21-30,34H2,(H,71,82)(H,72,81)(H,73,83)(H,84,85)(H4,64,65,67)(H3,66,68,87)(H2,69,70,90)/t37-,38+,47+,48+,49+/m1/s1. The molecule has 5 aromatic carbocycles. The number of nitrogens with zero attached hydrogens (tertiary/aromatic N) is 1. The van der Waals surface area contributed by atoms with Crippen molar-refractivity contribution in [3.63, 3.8) is 0 Å². The van der Waals surface area contributed by atoms with Crippen LogP contribution in [0.4, 0.5) is 10.5 Å². The first-order chi connectivity index (χ1) is 43.0. The number of aliphatic carboxylic acids is 1.